The topological polar surface area (TPSA) is 99.2 Å². The first-order valence-corrected chi connectivity index (χ1v) is 11.0. The third-order valence-corrected chi connectivity index (χ3v) is 6.23. The predicted octanol–water partition coefficient (Wildman–Crippen LogP) is 2.64. The Morgan fingerprint density at radius 2 is 1.79 bits per heavy atom. The molecule has 0 N–H and O–H groups in total. The van der Waals surface area contributed by atoms with Crippen molar-refractivity contribution in [2.75, 3.05) is 19.7 Å². The Kier molecular flexibility index (Phi) is 7.32. The monoisotopic (exact) mass is 447 g/mol. The van der Waals surface area contributed by atoms with E-state index in [2.05, 4.69) is 0 Å². The summed E-state index contributed by atoms with van der Waals surface area (Å²) in [5, 5.41) is -0.0134. The molecule has 1 aromatic carbocycles. The Hall–Kier alpha value is -1.68. The third kappa shape index (κ3) is 6.40. The van der Waals surface area contributed by atoms with Gasteiger partial charge in [0.05, 0.1) is 22.8 Å². The Balaban J connectivity index is 2.18. The van der Waals surface area contributed by atoms with Crippen molar-refractivity contribution >= 4 is 33.6 Å². The lowest BCUT2D eigenvalue weighted by atomic mass is 10.2. The quantitative estimate of drug-likeness (QED) is 0.639. The maximum absolute atomic E-state index is 13.1. The van der Waals surface area contributed by atoms with Gasteiger partial charge in [-0.05, 0) is 52.8 Å². The summed E-state index contributed by atoms with van der Waals surface area (Å²) >= 11 is 6.11. The van der Waals surface area contributed by atoms with E-state index in [0.29, 0.717) is 0 Å². The zero-order chi connectivity index (χ0) is 22.0. The van der Waals surface area contributed by atoms with Crippen molar-refractivity contribution in [3.8, 4) is 0 Å². The summed E-state index contributed by atoms with van der Waals surface area (Å²) in [6.07, 6.45) is -0.538. The molecular formula is C19H26ClNO7S. The van der Waals surface area contributed by atoms with Gasteiger partial charge in [0.15, 0.2) is 6.61 Å². The van der Waals surface area contributed by atoms with Crippen molar-refractivity contribution in [1.29, 1.82) is 0 Å². The van der Waals surface area contributed by atoms with Crippen LogP contribution in [0.25, 0.3) is 0 Å². The Morgan fingerprint density at radius 3 is 2.34 bits per heavy atom. The molecule has 0 spiro atoms. The standard InChI is InChI=1S/C19H26ClNO7S/c1-12-9-21(10-13(2)27-12)29(24,25)16-8-14(6-7-15(16)20)18(23)26-11-17(22)28-19(3,4)5/h6-8,12-13H,9-11H2,1-5H3/t12-,13-/m0/s1. The molecule has 1 aliphatic rings. The molecule has 2 rings (SSSR count). The van der Waals surface area contributed by atoms with Crippen LogP contribution in [0.3, 0.4) is 0 Å². The maximum atomic E-state index is 13.1. The largest absolute Gasteiger partial charge is 0.457 e. The summed E-state index contributed by atoms with van der Waals surface area (Å²) in [5.74, 6) is -1.56. The molecule has 1 saturated heterocycles. The van der Waals surface area contributed by atoms with Gasteiger partial charge in [-0.1, -0.05) is 11.6 Å². The van der Waals surface area contributed by atoms with Crippen LogP contribution in [0, 0.1) is 0 Å². The van der Waals surface area contributed by atoms with Crippen molar-refractivity contribution in [1.82, 2.24) is 4.31 Å². The van der Waals surface area contributed by atoms with Crippen molar-refractivity contribution in [2.45, 2.75) is 57.3 Å². The van der Waals surface area contributed by atoms with Crippen LogP contribution in [0.2, 0.25) is 5.02 Å². The number of rotatable bonds is 5. The fourth-order valence-corrected chi connectivity index (χ4v) is 4.96. The summed E-state index contributed by atoms with van der Waals surface area (Å²) in [5.41, 5.74) is -0.747. The SMILES string of the molecule is C[C@H]1CN(S(=O)(=O)c2cc(C(=O)OCC(=O)OC(C)(C)C)ccc2Cl)C[C@H](C)O1. The van der Waals surface area contributed by atoms with Gasteiger partial charge in [0, 0.05) is 13.1 Å². The Morgan fingerprint density at radius 1 is 1.21 bits per heavy atom. The number of benzene rings is 1. The molecule has 1 heterocycles. The molecule has 8 nitrogen and oxygen atoms in total. The molecule has 162 valence electrons. The second-order valence-corrected chi connectivity index (χ2v) is 10.2. The molecule has 1 fully saturated rings. The van der Waals surface area contributed by atoms with E-state index in [1.165, 1.54) is 16.4 Å². The maximum Gasteiger partial charge on any atom is 0.344 e. The van der Waals surface area contributed by atoms with E-state index < -0.39 is 34.2 Å². The average Bonchev–Trinajstić information content (AvgIpc) is 2.57. The van der Waals surface area contributed by atoms with Gasteiger partial charge in [-0.25, -0.2) is 18.0 Å². The van der Waals surface area contributed by atoms with Gasteiger partial charge < -0.3 is 14.2 Å². The van der Waals surface area contributed by atoms with E-state index in [4.69, 9.17) is 25.8 Å². The van der Waals surface area contributed by atoms with Gasteiger partial charge in [-0.2, -0.15) is 4.31 Å². The van der Waals surface area contributed by atoms with Gasteiger partial charge in [0.25, 0.3) is 0 Å². The first-order chi connectivity index (χ1) is 13.3. The molecule has 10 heteroatoms. The number of esters is 2. The van der Waals surface area contributed by atoms with E-state index >= 15 is 0 Å². The van der Waals surface area contributed by atoms with Crippen molar-refractivity contribution in [2.24, 2.45) is 0 Å². The molecule has 0 bridgehead atoms. The molecule has 0 aliphatic carbocycles. The lowest BCUT2D eigenvalue weighted by Crippen LogP contribution is -2.48. The van der Waals surface area contributed by atoms with Crippen LogP contribution in [-0.4, -0.2) is 62.2 Å². The van der Waals surface area contributed by atoms with Crippen LogP contribution in [0.1, 0.15) is 45.0 Å². The van der Waals surface area contributed by atoms with Crippen LogP contribution in [-0.2, 0) is 29.0 Å². The highest BCUT2D eigenvalue weighted by atomic mass is 35.5. The summed E-state index contributed by atoms with van der Waals surface area (Å²) in [4.78, 5) is 23.8. The van der Waals surface area contributed by atoms with E-state index in [-0.39, 0.29) is 40.8 Å². The van der Waals surface area contributed by atoms with Crippen LogP contribution in [0.5, 0.6) is 0 Å². The Labute approximate surface area is 176 Å². The zero-order valence-corrected chi connectivity index (χ0v) is 18.7. The number of hydrogen-bond donors (Lipinski definition) is 0. The number of hydrogen-bond acceptors (Lipinski definition) is 7. The summed E-state index contributed by atoms with van der Waals surface area (Å²) < 4.78 is 43.0. The van der Waals surface area contributed by atoms with Crippen LogP contribution in [0.15, 0.2) is 23.1 Å². The van der Waals surface area contributed by atoms with E-state index in [1.807, 2.05) is 0 Å². The number of morpholine rings is 1. The molecule has 0 saturated carbocycles. The minimum atomic E-state index is -3.95. The fraction of sp³-hybridized carbons (Fsp3) is 0.579. The fourth-order valence-electron chi connectivity index (χ4n) is 2.87. The molecule has 0 radical (unpaired) electrons. The summed E-state index contributed by atoms with van der Waals surface area (Å²) in [6, 6.07) is 3.80. The number of carbonyl (C=O) groups excluding carboxylic acids is 2. The van der Waals surface area contributed by atoms with Crippen molar-refractivity contribution < 1.29 is 32.2 Å². The number of sulfonamides is 1. The Bertz CT molecular complexity index is 869. The normalized spacial score (nSPS) is 20.9. The third-order valence-electron chi connectivity index (χ3n) is 3.91. The number of halogens is 1. The minimum absolute atomic E-state index is 0.0134. The zero-order valence-electron chi connectivity index (χ0n) is 17.1. The van der Waals surface area contributed by atoms with Crippen molar-refractivity contribution in [3.63, 3.8) is 0 Å². The molecule has 0 aromatic heterocycles. The molecule has 0 amide bonds. The van der Waals surface area contributed by atoms with Gasteiger partial charge in [-0.15, -0.1) is 0 Å². The van der Waals surface area contributed by atoms with Gasteiger partial charge >= 0.3 is 11.9 Å². The molecule has 29 heavy (non-hydrogen) atoms. The summed E-state index contributed by atoms with van der Waals surface area (Å²) in [7, 11) is -3.95. The number of nitrogens with zero attached hydrogens (tertiary/aromatic N) is 1. The van der Waals surface area contributed by atoms with Gasteiger partial charge in [0.2, 0.25) is 10.0 Å². The van der Waals surface area contributed by atoms with E-state index in [9.17, 15) is 18.0 Å². The van der Waals surface area contributed by atoms with Gasteiger partial charge in [-0.3, -0.25) is 0 Å². The molecular weight excluding hydrogens is 422 g/mol. The highest BCUT2D eigenvalue weighted by Gasteiger charge is 2.34. The molecule has 1 aliphatic heterocycles. The van der Waals surface area contributed by atoms with Crippen LogP contribution in [0.4, 0.5) is 0 Å². The second kappa shape index (κ2) is 8.99. The average molecular weight is 448 g/mol. The van der Waals surface area contributed by atoms with E-state index in [0.717, 1.165) is 6.07 Å². The predicted molar refractivity (Wildman–Crippen MR) is 106 cm³/mol. The molecule has 1 aromatic rings. The molecule has 2 atom stereocenters. The molecule has 0 unspecified atom stereocenters. The number of carbonyl (C=O) groups is 2. The second-order valence-electron chi connectivity index (χ2n) is 7.89. The first kappa shape index (κ1) is 23.6. The highest BCUT2D eigenvalue weighted by molar-refractivity contribution is 7.89. The minimum Gasteiger partial charge on any atom is -0.457 e. The summed E-state index contributed by atoms with van der Waals surface area (Å²) in [6.45, 7) is 8.41. The lowest BCUT2D eigenvalue weighted by Gasteiger charge is -2.34. The lowest BCUT2D eigenvalue weighted by molar-refractivity contribution is -0.158. The van der Waals surface area contributed by atoms with Crippen LogP contribution < -0.4 is 0 Å². The first-order valence-electron chi connectivity index (χ1n) is 9.13. The highest BCUT2D eigenvalue weighted by Crippen LogP contribution is 2.28. The van der Waals surface area contributed by atoms with E-state index in [1.54, 1.807) is 34.6 Å². The van der Waals surface area contributed by atoms with Gasteiger partial charge in [0.1, 0.15) is 10.5 Å². The van der Waals surface area contributed by atoms with Crippen LogP contribution >= 0.6 is 11.6 Å². The van der Waals surface area contributed by atoms with Crippen molar-refractivity contribution in [3.05, 3.63) is 28.8 Å². The number of ether oxygens (including phenoxy) is 3. The smallest absolute Gasteiger partial charge is 0.344 e.